The summed E-state index contributed by atoms with van der Waals surface area (Å²) in [6, 6.07) is 7.90. The lowest BCUT2D eigenvalue weighted by Crippen LogP contribution is -2.34. The van der Waals surface area contributed by atoms with Crippen molar-refractivity contribution in [2.45, 2.75) is 6.54 Å². The van der Waals surface area contributed by atoms with Gasteiger partial charge >= 0.3 is 0 Å². The summed E-state index contributed by atoms with van der Waals surface area (Å²) in [5, 5.41) is 2.98. The van der Waals surface area contributed by atoms with Crippen molar-refractivity contribution in [3.63, 3.8) is 0 Å². The number of ether oxygens (including phenoxy) is 2. The van der Waals surface area contributed by atoms with E-state index in [2.05, 4.69) is 15.2 Å². The van der Waals surface area contributed by atoms with Gasteiger partial charge in [0.1, 0.15) is 12.4 Å². The molecule has 0 saturated heterocycles. The number of halogens is 1. The summed E-state index contributed by atoms with van der Waals surface area (Å²) in [5.41, 5.74) is 6.82. The first-order valence-electron chi connectivity index (χ1n) is 7.01. The van der Waals surface area contributed by atoms with E-state index in [4.69, 9.17) is 15.2 Å². The van der Waals surface area contributed by atoms with Gasteiger partial charge in [-0.1, -0.05) is 12.1 Å². The largest absolute Gasteiger partial charge is 0.492 e. The number of likely N-dealkylation sites (N-methyl/N-ethyl adjacent to an activating group) is 1. The molecule has 0 fully saturated rings. The smallest absolute Gasteiger partial charge is 0.188 e. The molecule has 0 heterocycles. The molecule has 22 heavy (non-hydrogen) atoms. The molecule has 6 nitrogen and oxygen atoms in total. The highest BCUT2D eigenvalue weighted by molar-refractivity contribution is 14.0. The van der Waals surface area contributed by atoms with Crippen LogP contribution in [0.2, 0.25) is 0 Å². The van der Waals surface area contributed by atoms with Crippen molar-refractivity contribution in [2.24, 2.45) is 10.7 Å². The summed E-state index contributed by atoms with van der Waals surface area (Å²) in [7, 11) is 5.69. The molecule has 126 valence electrons. The van der Waals surface area contributed by atoms with E-state index in [0.717, 1.165) is 17.9 Å². The molecule has 0 atom stereocenters. The fourth-order valence-electron chi connectivity index (χ4n) is 1.59. The van der Waals surface area contributed by atoms with E-state index in [1.54, 1.807) is 7.11 Å². The number of rotatable bonds is 9. The second kappa shape index (κ2) is 12.5. The zero-order chi connectivity index (χ0) is 15.5. The van der Waals surface area contributed by atoms with Crippen LogP contribution in [-0.2, 0) is 11.3 Å². The van der Waals surface area contributed by atoms with Crippen molar-refractivity contribution in [3.05, 3.63) is 29.8 Å². The maximum atomic E-state index is 5.76. The fraction of sp³-hybridized carbons (Fsp3) is 0.533. The van der Waals surface area contributed by atoms with Gasteiger partial charge < -0.3 is 25.4 Å². The maximum absolute atomic E-state index is 5.76. The molecule has 0 aliphatic heterocycles. The number of hydrogen-bond donors (Lipinski definition) is 2. The van der Waals surface area contributed by atoms with E-state index < -0.39 is 0 Å². The predicted octanol–water partition coefficient (Wildman–Crippen LogP) is 1.30. The fourth-order valence-corrected chi connectivity index (χ4v) is 1.59. The van der Waals surface area contributed by atoms with Gasteiger partial charge in [-0.05, 0) is 31.8 Å². The molecule has 1 rings (SSSR count). The van der Waals surface area contributed by atoms with Crippen molar-refractivity contribution in [2.75, 3.05) is 47.5 Å². The molecule has 0 radical (unpaired) electrons. The predicted molar refractivity (Wildman–Crippen MR) is 101 cm³/mol. The molecule has 0 aliphatic rings. The Labute approximate surface area is 150 Å². The molecule has 0 spiro atoms. The molecule has 0 amide bonds. The van der Waals surface area contributed by atoms with E-state index in [-0.39, 0.29) is 24.0 Å². The van der Waals surface area contributed by atoms with E-state index in [1.807, 2.05) is 38.4 Å². The highest BCUT2D eigenvalue weighted by Crippen LogP contribution is 2.13. The van der Waals surface area contributed by atoms with Gasteiger partial charge in [0.25, 0.3) is 0 Å². The molecule has 0 saturated carbocycles. The average molecular weight is 422 g/mol. The Hall–Kier alpha value is -1.06. The first-order valence-corrected chi connectivity index (χ1v) is 7.01. The number of hydrogen-bond acceptors (Lipinski definition) is 4. The van der Waals surface area contributed by atoms with Gasteiger partial charge in [0.2, 0.25) is 0 Å². The third-order valence-corrected chi connectivity index (χ3v) is 2.75. The number of aliphatic imine (C=N–C) groups is 1. The summed E-state index contributed by atoms with van der Waals surface area (Å²) in [6.07, 6.45) is 0. The topological polar surface area (TPSA) is 72.1 Å². The molecule has 0 unspecified atom stereocenters. The Balaban J connectivity index is 0.00000441. The summed E-state index contributed by atoms with van der Waals surface area (Å²) < 4.78 is 10.6. The van der Waals surface area contributed by atoms with Gasteiger partial charge in [0.15, 0.2) is 5.96 Å². The molecular weight excluding hydrogens is 395 g/mol. The molecule has 1 aromatic rings. The van der Waals surface area contributed by atoms with Crippen LogP contribution < -0.4 is 15.8 Å². The third-order valence-electron chi connectivity index (χ3n) is 2.75. The average Bonchev–Trinajstić information content (AvgIpc) is 2.45. The van der Waals surface area contributed by atoms with Crippen LogP contribution in [0.4, 0.5) is 0 Å². The third kappa shape index (κ3) is 9.80. The first-order chi connectivity index (χ1) is 10.1. The van der Waals surface area contributed by atoms with Crippen LogP contribution in [0.5, 0.6) is 5.75 Å². The Morgan fingerprint density at radius 3 is 2.77 bits per heavy atom. The summed E-state index contributed by atoms with van der Waals surface area (Å²) >= 11 is 0. The highest BCUT2D eigenvalue weighted by Gasteiger charge is 1.98. The van der Waals surface area contributed by atoms with Crippen LogP contribution >= 0.6 is 24.0 Å². The van der Waals surface area contributed by atoms with Gasteiger partial charge in [-0.3, -0.25) is 0 Å². The van der Waals surface area contributed by atoms with Gasteiger partial charge in [-0.25, -0.2) is 4.99 Å². The van der Waals surface area contributed by atoms with Gasteiger partial charge in [0, 0.05) is 20.2 Å². The molecule has 0 aliphatic carbocycles. The van der Waals surface area contributed by atoms with E-state index in [9.17, 15) is 0 Å². The molecule has 1 aromatic carbocycles. The van der Waals surface area contributed by atoms with Crippen molar-refractivity contribution < 1.29 is 9.47 Å². The number of guanidine groups is 1. The van der Waals surface area contributed by atoms with Crippen LogP contribution in [0.3, 0.4) is 0 Å². The van der Waals surface area contributed by atoms with Crippen LogP contribution in [0.1, 0.15) is 5.56 Å². The van der Waals surface area contributed by atoms with E-state index in [0.29, 0.717) is 32.3 Å². The number of methoxy groups -OCH3 is 1. The first kappa shape index (κ1) is 20.9. The number of benzene rings is 1. The molecule has 0 aromatic heterocycles. The lowest BCUT2D eigenvalue weighted by Gasteiger charge is -2.11. The molecule has 0 bridgehead atoms. The summed E-state index contributed by atoms with van der Waals surface area (Å²) in [5.74, 6) is 1.28. The Bertz CT molecular complexity index is 441. The van der Waals surface area contributed by atoms with E-state index in [1.165, 1.54) is 0 Å². The van der Waals surface area contributed by atoms with Crippen LogP contribution in [0.25, 0.3) is 0 Å². The van der Waals surface area contributed by atoms with Crippen molar-refractivity contribution in [3.8, 4) is 5.75 Å². The quantitative estimate of drug-likeness (QED) is 0.272. The number of nitrogens with zero attached hydrogens (tertiary/aromatic N) is 2. The minimum absolute atomic E-state index is 0. The molecule has 3 N–H and O–H groups in total. The zero-order valence-electron chi connectivity index (χ0n) is 13.5. The lowest BCUT2D eigenvalue weighted by atomic mass is 10.2. The van der Waals surface area contributed by atoms with Gasteiger partial charge in [-0.2, -0.15) is 0 Å². The minimum Gasteiger partial charge on any atom is -0.492 e. The second-order valence-corrected chi connectivity index (χ2v) is 4.92. The zero-order valence-corrected chi connectivity index (χ0v) is 15.9. The van der Waals surface area contributed by atoms with E-state index >= 15 is 0 Å². The van der Waals surface area contributed by atoms with Gasteiger partial charge in [-0.15, -0.1) is 24.0 Å². The highest BCUT2D eigenvalue weighted by atomic mass is 127. The Morgan fingerprint density at radius 1 is 1.32 bits per heavy atom. The molecular formula is C15H27IN4O2. The standard InChI is InChI=1S/C15H26N4O2.HI/c1-19(2)8-10-21-14-6-4-5-13(11-14)12-18-15(16)17-7-9-20-3;/h4-6,11H,7-10,12H2,1-3H3,(H3,16,17,18);1H. The summed E-state index contributed by atoms with van der Waals surface area (Å²) in [4.78, 5) is 6.36. The SMILES string of the molecule is COCCNC(N)=NCc1cccc(OCCN(C)C)c1.I. The monoisotopic (exact) mass is 422 g/mol. The molecule has 7 heteroatoms. The second-order valence-electron chi connectivity index (χ2n) is 4.92. The van der Waals surface area contributed by atoms with Gasteiger partial charge in [0.05, 0.1) is 13.2 Å². The lowest BCUT2D eigenvalue weighted by molar-refractivity contribution is 0.204. The number of nitrogens with one attached hydrogen (secondary N) is 1. The van der Waals surface area contributed by atoms with Crippen molar-refractivity contribution in [1.29, 1.82) is 0 Å². The number of nitrogens with two attached hydrogens (primary N) is 1. The van der Waals surface area contributed by atoms with Crippen molar-refractivity contribution >= 4 is 29.9 Å². The minimum atomic E-state index is 0. The summed E-state index contributed by atoms with van der Waals surface area (Å²) in [6.45, 7) is 3.33. The van der Waals surface area contributed by atoms with Crippen molar-refractivity contribution in [1.82, 2.24) is 10.2 Å². The van der Waals surface area contributed by atoms with Crippen LogP contribution in [0, 0.1) is 0 Å². The Kier molecular flexibility index (Phi) is 11.9. The maximum Gasteiger partial charge on any atom is 0.188 e. The van der Waals surface area contributed by atoms with Crippen LogP contribution in [-0.4, -0.2) is 58.4 Å². The Morgan fingerprint density at radius 2 is 2.09 bits per heavy atom. The normalized spacial score (nSPS) is 11.2. The van der Waals surface area contributed by atoms with Crippen LogP contribution in [0.15, 0.2) is 29.3 Å².